The highest BCUT2D eigenvalue weighted by molar-refractivity contribution is 7.99. The molecule has 2 aromatic carbocycles. The van der Waals surface area contributed by atoms with Gasteiger partial charge in [0.25, 0.3) is 0 Å². The molecule has 1 heterocycles. The molecule has 2 aromatic rings. The number of hydrogen-bond donors (Lipinski definition) is 2. The predicted octanol–water partition coefficient (Wildman–Crippen LogP) is 4.07. The van der Waals surface area contributed by atoms with Crippen LogP contribution in [-0.4, -0.2) is 18.2 Å². The van der Waals surface area contributed by atoms with E-state index in [-0.39, 0.29) is 29.8 Å². The summed E-state index contributed by atoms with van der Waals surface area (Å²) in [6.45, 7) is 3.51. The number of nitrogens with one attached hydrogen (secondary N) is 2. The zero-order valence-electron chi connectivity index (χ0n) is 14.1. The molecule has 0 saturated heterocycles. The Morgan fingerprint density at radius 2 is 2.16 bits per heavy atom. The van der Waals surface area contributed by atoms with E-state index >= 15 is 0 Å². The zero-order valence-corrected chi connectivity index (χ0v) is 15.7. The molecule has 2 N–H and O–H groups in total. The quantitative estimate of drug-likeness (QED) is 0.821. The van der Waals surface area contributed by atoms with Gasteiger partial charge in [-0.3, -0.25) is 4.79 Å². The standard InChI is InChI=1S/C19H21FN2OS.ClH/c1-13-3-2-4-14(9-13)11-24-12-18(23)22-17-6-5-15-10-21-8-7-16(15)19(17)20;/h2-6,9,21H,7-8,10-12H2,1H3,(H,22,23);1H. The molecule has 134 valence electrons. The molecule has 0 radical (unpaired) electrons. The summed E-state index contributed by atoms with van der Waals surface area (Å²) in [6.07, 6.45) is 0.660. The lowest BCUT2D eigenvalue weighted by Crippen LogP contribution is -2.25. The fourth-order valence-corrected chi connectivity index (χ4v) is 3.65. The van der Waals surface area contributed by atoms with Gasteiger partial charge in [0, 0.05) is 12.3 Å². The molecule has 3 nitrogen and oxygen atoms in total. The van der Waals surface area contributed by atoms with Gasteiger partial charge < -0.3 is 10.6 Å². The van der Waals surface area contributed by atoms with Crippen LogP contribution in [0.15, 0.2) is 36.4 Å². The lowest BCUT2D eigenvalue weighted by molar-refractivity contribution is -0.113. The third-order valence-electron chi connectivity index (χ3n) is 4.07. The maximum atomic E-state index is 14.5. The van der Waals surface area contributed by atoms with Gasteiger partial charge in [0.15, 0.2) is 0 Å². The highest BCUT2D eigenvalue weighted by Crippen LogP contribution is 2.24. The summed E-state index contributed by atoms with van der Waals surface area (Å²) in [6, 6.07) is 11.8. The molecular formula is C19H22ClFN2OS. The van der Waals surface area contributed by atoms with Crippen molar-refractivity contribution in [1.29, 1.82) is 0 Å². The molecule has 1 aliphatic rings. The molecule has 3 rings (SSSR count). The Bertz CT molecular complexity index is 754. The van der Waals surface area contributed by atoms with Gasteiger partial charge >= 0.3 is 0 Å². The molecule has 0 aliphatic carbocycles. The van der Waals surface area contributed by atoms with Gasteiger partial charge in [0.1, 0.15) is 5.82 Å². The average molecular weight is 381 g/mol. The number of aryl methyl sites for hydroxylation is 1. The van der Waals surface area contributed by atoms with Crippen LogP contribution in [0.1, 0.15) is 22.3 Å². The highest BCUT2D eigenvalue weighted by Gasteiger charge is 2.17. The summed E-state index contributed by atoms with van der Waals surface area (Å²) in [5.74, 6) is 0.630. The first-order valence-electron chi connectivity index (χ1n) is 8.07. The van der Waals surface area contributed by atoms with Crippen molar-refractivity contribution in [3.8, 4) is 0 Å². The Kier molecular flexibility index (Phi) is 7.29. The lowest BCUT2D eigenvalue weighted by Gasteiger charge is -2.19. The molecule has 0 atom stereocenters. The van der Waals surface area contributed by atoms with Crippen molar-refractivity contribution in [3.05, 3.63) is 64.5 Å². The summed E-state index contributed by atoms with van der Waals surface area (Å²) in [4.78, 5) is 12.1. The van der Waals surface area contributed by atoms with Crippen LogP contribution in [0.25, 0.3) is 0 Å². The van der Waals surface area contributed by atoms with E-state index < -0.39 is 0 Å². The van der Waals surface area contributed by atoms with E-state index in [1.165, 1.54) is 22.9 Å². The topological polar surface area (TPSA) is 41.1 Å². The van der Waals surface area contributed by atoms with Crippen LogP contribution >= 0.6 is 24.2 Å². The normalized spacial score (nSPS) is 12.9. The first-order valence-corrected chi connectivity index (χ1v) is 9.23. The molecule has 0 spiro atoms. The van der Waals surface area contributed by atoms with Crippen LogP contribution < -0.4 is 10.6 Å². The number of carbonyl (C=O) groups excluding carboxylic acids is 1. The second-order valence-electron chi connectivity index (χ2n) is 6.02. The van der Waals surface area contributed by atoms with E-state index in [0.717, 1.165) is 23.4 Å². The largest absolute Gasteiger partial charge is 0.323 e. The van der Waals surface area contributed by atoms with Crippen LogP contribution in [0, 0.1) is 12.7 Å². The van der Waals surface area contributed by atoms with Gasteiger partial charge in [-0.15, -0.1) is 24.2 Å². The fourth-order valence-electron chi connectivity index (χ4n) is 2.88. The Balaban J connectivity index is 0.00000225. The van der Waals surface area contributed by atoms with E-state index in [1.54, 1.807) is 6.07 Å². The van der Waals surface area contributed by atoms with Gasteiger partial charge in [0.05, 0.1) is 11.4 Å². The maximum absolute atomic E-state index is 14.5. The minimum atomic E-state index is -0.286. The molecule has 0 saturated carbocycles. The first-order chi connectivity index (χ1) is 11.6. The summed E-state index contributed by atoms with van der Waals surface area (Å²) in [5.41, 5.74) is 4.39. The van der Waals surface area contributed by atoms with Crippen molar-refractivity contribution in [1.82, 2.24) is 5.32 Å². The number of thioether (sulfide) groups is 1. The minimum absolute atomic E-state index is 0. The summed E-state index contributed by atoms with van der Waals surface area (Å²) in [7, 11) is 0. The molecule has 1 aliphatic heterocycles. The lowest BCUT2D eigenvalue weighted by atomic mass is 9.99. The fraction of sp³-hybridized carbons (Fsp3) is 0.316. The van der Waals surface area contributed by atoms with Crippen LogP contribution in [-0.2, 0) is 23.5 Å². The Morgan fingerprint density at radius 3 is 2.96 bits per heavy atom. The van der Waals surface area contributed by atoms with Crippen LogP contribution in [0.4, 0.5) is 10.1 Å². The molecule has 0 aromatic heterocycles. The van der Waals surface area contributed by atoms with E-state index in [2.05, 4.69) is 35.8 Å². The average Bonchev–Trinajstić information content (AvgIpc) is 2.58. The zero-order chi connectivity index (χ0) is 16.9. The molecule has 0 bridgehead atoms. The number of amides is 1. The van der Waals surface area contributed by atoms with Crippen LogP contribution in [0.5, 0.6) is 0 Å². The second-order valence-corrected chi connectivity index (χ2v) is 7.01. The van der Waals surface area contributed by atoms with Gasteiger partial charge in [-0.2, -0.15) is 0 Å². The third-order valence-corrected chi connectivity index (χ3v) is 5.07. The Morgan fingerprint density at radius 1 is 1.32 bits per heavy atom. The first kappa shape index (κ1) is 19.8. The molecular weight excluding hydrogens is 359 g/mol. The Hall–Kier alpha value is -1.56. The molecule has 0 unspecified atom stereocenters. The van der Waals surface area contributed by atoms with E-state index in [9.17, 15) is 9.18 Å². The maximum Gasteiger partial charge on any atom is 0.234 e. The molecule has 25 heavy (non-hydrogen) atoms. The SMILES string of the molecule is Cc1cccc(CSCC(=O)Nc2ccc3c(c2F)CCNC3)c1.Cl. The van der Waals surface area contributed by atoms with E-state index in [4.69, 9.17) is 0 Å². The number of benzene rings is 2. The predicted molar refractivity (Wildman–Crippen MR) is 105 cm³/mol. The minimum Gasteiger partial charge on any atom is -0.323 e. The van der Waals surface area contributed by atoms with Crippen molar-refractivity contribution in [3.63, 3.8) is 0 Å². The van der Waals surface area contributed by atoms with Crippen LogP contribution in [0.2, 0.25) is 0 Å². The second kappa shape index (κ2) is 9.22. The molecule has 1 amide bonds. The number of rotatable bonds is 5. The Labute approximate surface area is 158 Å². The van der Waals surface area contributed by atoms with Crippen molar-refractivity contribution in [2.45, 2.75) is 25.6 Å². The number of halogens is 2. The summed E-state index contributed by atoms with van der Waals surface area (Å²) < 4.78 is 14.5. The van der Waals surface area contributed by atoms with E-state index in [0.29, 0.717) is 18.7 Å². The van der Waals surface area contributed by atoms with Gasteiger partial charge in [-0.25, -0.2) is 4.39 Å². The van der Waals surface area contributed by atoms with Gasteiger partial charge in [0.2, 0.25) is 5.91 Å². The van der Waals surface area contributed by atoms with Crippen molar-refractivity contribution >= 4 is 35.8 Å². The van der Waals surface area contributed by atoms with E-state index in [1.807, 2.05) is 12.1 Å². The van der Waals surface area contributed by atoms with Gasteiger partial charge in [-0.1, -0.05) is 35.9 Å². The summed E-state index contributed by atoms with van der Waals surface area (Å²) in [5, 5.41) is 5.92. The monoisotopic (exact) mass is 380 g/mol. The third kappa shape index (κ3) is 5.21. The van der Waals surface area contributed by atoms with Crippen molar-refractivity contribution in [2.75, 3.05) is 17.6 Å². The number of carbonyl (C=O) groups is 1. The smallest absolute Gasteiger partial charge is 0.234 e. The number of fused-ring (bicyclic) bond motifs is 1. The number of anilines is 1. The number of hydrogen-bond acceptors (Lipinski definition) is 3. The highest BCUT2D eigenvalue weighted by atomic mass is 35.5. The van der Waals surface area contributed by atoms with Crippen molar-refractivity contribution < 1.29 is 9.18 Å². The van der Waals surface area contributed by atoms with Crippen molar-refractivity contribution in [2.24, 2.45) is 0 Å². The summed E-state index contributed by atoms with van der Waals surface area (Å²) >= 11 is 1.53. The molecule has 6 heteroatoms. The molecule has 0 fully saturated rings. The van der Waals surface area contributed by atoms with Crippen LogP contribution in [0.3, 0.4) is 0 Å². The van der Waals surface area contributed by atoms with Gasteiger partial charge in [-0.05, 0) is 42.6 Å².